The normalized spacial score (nSPS) is 9.50. The number of hydrogen-bond acceptors (Lipinski definition) is 3. The average molecular weight is 266 g/mol. The van der Waals surface area contributed by atoms with Crippen LogP contribution in [0.25, 0.3) is 0 Å². The fourth-order valence-corrected chi connectivity index (χ4v) is 1.65. The molecule has 0 bridgehead atoms. The zero-order chi connectivity index (χ0) is 13.4. The summed E-state index contributed by atoms with van der Waals surface area (Å²) in [5, 5.41) is 2.64. The summed E-state index contributed by atoms with van der Waals surface area (Å²) in [6.45, 7) is 0.187. The molecule has 0 unspecified atom stereocenters. The Morgan fingerprint density at radius 1 is 1.56 bits per heavy atom. The molecule has 5 heteroatoms. The summed E-state index contributed by atoms with van der Waals surface area (Å²) in [5.74, 6) is 5.37. The summed E-state index contributed by atoms with van der Waals surface area (Å²) in [6, 6.07) is 4.42. The molecule has 0 atom stereocenters. The van der Waals surface area contributed by atoms with Crippen LogP contribution in [0.3, 0.4) is 0 Å². The standard InChI is InChI=1S/C13H15FN2OS/c1-18-8-6-13(17)16-11-5-4-10(3-2-7-15)12(14)9-11/h4-5,9H,6-8,15H2,1H3,(H,16,17). The van der Waals surface area contributed by atoms with Gasteiger partial charge >= 0.3 is 0 Å². The van der Waals surface area contributed by atoms with Gasteiger partial charge in [-0.25, -0.2) is 4.39 Å². The molecule has 1 aromatic rings. The van der Waals surface area contributed by atoms with Crippen LogP contribution in [0.5, 0.6) is 0 Å². The number of amides is 1. The van der Waals surface area contributed by atoms with E-state index in [-0.39, 0.29) is 18.0 Å². The molecular formula is C13H15FN2OS. The predicted molar refractivity (Wildman–Crippen MR) is 74.0 cm³/mol. The molecule has 0 aliphatic rings. The Morgan fingerprint density at radius 3 is 2.94 bits per heavy atom. The van der Waals surface area contributed by atoms with E-state index in [1.54, 1.807) is 17.8 Å². The lowest BCUT2D eigenvalue weighted by atomic mass is 10.2. The van der Waals surface area contributed by atoms with Crippen molar-refractivity contribution < 1.29 is 9.18 Å². The van der Waals surface area contributed by atoms with Gasteiger partial charge in [-0.3, -0.25) is 4.79 Å². The molecule has 0 saturated heterocycles. The third kappa shape index (κ3) is 4.78. The maximum absolute atomic E-state index is 13.6. The molecule has 1 amide bonds. The molecule has 0 aliphatic heterocycles. The number of nitrogens with two attached hydrogens (primary N) is 1. The van der Waals surface area contributed by atoms with Crippen molar-refractivity contribution >= 4 is 23.4 Å². The highest BCUT2D eigenvalue weighted by atomic mass is 32.2. The molecule has 0 heterocycles. The smallest absolute Gasteiger partial charge is 0.225 e. The van der Waals surface area contributed by atoms with Crippen molar-refractivity contribution in [3.05, 3.63) is 29.6 Å². The van der Waals surface area contributed by atoms with E-state index >= 15 is 0 Å². The van der Waals surface area contributed by atoms with Gasteiger partial charge in [0.1, 0.15) is 5.82 Å². The zero-order valence-electron chi connectivity index (χ0n) is 10.1. The van der Waals surface area contributed by atoms with Crippen molar-refractivity contribution in [2.75, 3.05) is 23.9 Å². The van der Waals surface area contributed by atoms with Gasteiger partial charge in [0.2, 0.25) is 5.91 Å². The number of hydrogen-bond donors (Lipinski definition) is 2. The van der Waals surface area contributed by atoms with E-state index in [1.165, 1.54) is 12.1 Å². The van der Waals surface area contributed by atoms with Gasteiger partial charge in [-0.15, -0.1) is 0 Å². The van der Waals surface area contributed by atoms with E-state index < -0.39 is 5.82 Å². The Labute approximate surface area is 110 Å². The third-order valence-electron chi connectivity index (χ3n) is 2.11. The number of nitrogens with one attached hydrogen (secondary N) is 1. The quantitative estimate of drug-likeness (QED) is 0.817. The van der Waals surface area contributed by atoms with Crippen molar-refractivity contribution in [2.45, 2.75) is 6.42 Å². The van der Waals surface area contributed by atoms with Gasteiger partial charge < -0.3 is 11.1 Å². The average Bonchev–Trinajstić information content (AvgIpc) is 2.35. The number of thioether (sulfide) groups is 1. The summed E-state index contributed by atoms with van der Waals surface area (Å²) in [7, 11) is 0. The van der Waals surface area contributed by atoms with Crippen LogP contribution in [0, 0.1) is 17.7 Å². The molecule has 1 aromatic carbocycles. The van der Waals surface area contributed by atoms with Crippen molar-refractivity contribution in [1.29, 1.82) is 0 Å². The van der Waals surface area contributed by atoms with Crippen molar-refractivity contribution in [3.63, 3.8) is 0 Å². The van der Waals surface area contributed by atoms with Crippen LogP contribution in [-0.2, 0) is 4.79 Å². The molecule has 0 radical (unpaired) electrons. The first-order chi connectivity index (χ1) is 8.67. The number of carbonyl (C=O) groups excluding carboxylic acids is 1. The molecule has 18 heavy (non-hydrogen) atoms. The van der Waals surface area contributed by atoms with E-state index in [4.69, 9.17) is 5.73 Å². The van der Waals surface area contributed by atoms with Gasteiger partial charge in [0.25, 0.3) is 0 Å². The summed E-state index contributed by atoms with van der Waals surface area (Å²) in [5.41, 5.74) is 5.94. The van der Waals surface area contributed by atoms with Gasteiger partial charge in [-0.2, -0.15) is 11.8 Å². The largest absolute Gasteiger partial charge is 0.326 e. The predicted octanol–water partition coefficient (Wildman–Crippen LogP) is 1.83. The summed E-state index contributed by atoms with van der Waals surface area (Å²) >= 11 is 1.59. The van der Waals surface area contributed by atoms with Crippen LogP contribution in [0.15, 0.2) is 18.2 Å². The lowest BCUT2D eigenvalue weighted by Gasteiger charge is -2.05. The second-order valence-corrected chi connectivity index (χ2v) is 4.48. The minimum Gasteiger partial charge on any atom is -0.326 e. The number of benzene rings is 1. The molecule has 0 aliphatic carbocycles. The lowest BCUT2D eigenvalue weighted by Crippen LogP contribution is -2.12. The minimum absolute atomic E-state index is 0.121. The van der Waals surface area contributed by atoms with E-state index in [0.29, 0.717) is 12.1 Å². The number of rotatable bonds is 4. The van der Waals surface area contributed by atoms with Crippen molar-refractivity contribution in [3.8, 4) is 11.8 Å². The molecule has 0 fully saturated rings. The SMILES string of the molecule is CSCCC(=O)Nc1ccc(C#CCN)c(F)c1. The fraction of sp³-hybridized carbons (Fsp3) is 0.308. The van der Waals surface area contributed by atoms with Gasteiger partial charge in [0.15, 0.2) is 0 Å². The first kappa shape index (κ1) is 14.6. The van der Waals surface area contributed by atoms with E-state index in [2.05, 4.69) is 17.2 Å². The maximum atomic E-state index is 13.6. The van der Waals surface area contributed by atoms with E-state index in [9.17, 15) is 9.18 Å². The van der Waals surface area contributed by atoms with Crippen LogP contribution >= 0.6 is 11.8 Å². The fourth-order valence-electron chi connectivity index (χ4n) is 1.26. The molecular weight excluding hydrogens is 251 g/mol. The lowest BCUT2D eigenvalue weighted by molar-refractivity contribution is -0.115. The summed E-state index contributed by atoms with van der Waals surface area (Å²) < 4.78 is 13.6. The Morgan fingerprint density at radius 2 is 2.33 bits per heavy atom. The Bertz CT molecular complexity index is 480. The van der Waals surface area contributed by atoms with Gasteiger partial charge in [-0.05, 0) is 24.5 Å². The monoisotopic (exact) mass is 266 g/mol. The zero-order valence-corrected chi connectivity index (χ0v) is 10.9. The number of anilines is 1. The first-order valence-corrected chi connectivity index (χ1v) is 6.84. The second kappa shape index (κ2) is 7.75. The topological polar surface area (TPSA) is 55.1 Å². The highest BCUT2D eigenvalue weighted by Crippen LogP contribution is 2.14. The number of halogens is 1. The van der Waals surface area contributed by atoms with Gasteiger partial charge in [-0.1, -0.05) is 11.8 Å². The van der Waals surface area contributed by atoms with Crippen LogP contribution in [0.2, 0.25) is 0 Å². The molecule has 96 valence electrons. The van der Waals surface area contributed by atoms with Crippen LogP contribution in [0.4, 0.5) is 10.1 Å². The highest BCUT2D eigenvalue weighted by molar-refractivity contribution is 7.98. The molecule has 1 rings (SSSR count). The minimum atomic E-state index is -0.460. The van der Waals surface area contributed by atoms with E-state index in [1.807, 2.05) is 6.26 Å². The van der Waals surface area contributed by atoms with Crippen LogP contribution in [-0.4, -0.2) is 24.5 Å². The molecule has 0 spiro atoms. The molecule has 0 aromatic heterocycles. The third-order valence-corrected chi connectivity index (χ3v) is 2.72. The van der Waals surface area contributed by atoms with Crippen molar-refractivity contribution in [1.82, 2.24) is 0 Å². The first-order valence-electron chi connectivity index (χ1n) is 5.44. The highest BCUT2D eigenvalue weighted by Gasteiger charge is 2.05. The second-order valence-electron chi connectivity index (χ2n) is 3.49. The molecule has 3 nitrogen and oxygen atoms in total. The van der Waals surface area contributed by atoms with Gasteiger partial charge in [0, 0.05) is 17.9 Å². The van der Waals surface area contributed by atoms with Crippen LogP contribution in [0.1, 0.15) is 12.0 Å². The van der Waals surface area contributed by atoms with E-state index in [0.717, 1.165) is 5.75 Å². The number of carbonyl (C=O) groups is 1. The Kier molecular flexibility index (Phi) is 6.26. The Hall–Kier alpha value is -1.51. The summed E-state index contributed by atoms with van der Waals surface area (Å²) in [4.78, 5) is 11.4. The Balaban J connectivity index is 2.69. The van der Waals surface area contributed by atoms with Crippen molar-refractivity contribution in [2.24, 2.45) is 5.73 Å². The summed E-state index contributed by atoms with van der Waals surface area (Å²) in [6.07, 6.45) is 2.34. The molecule has 3 N–H and O–H groups in total. The van der Waals surface area contributed by atoms with Gasteiger partial charge in [0.05, 0.1) is 12.1 Å². The maximum Gasteiger partial charge on any atom is 0.225 e. The molecule has 0 saturated carbocycles. The van der Waals surface area contributed by atoms with Crippen LogP contribution < -0.4 is 11.1 Å².